The summed E-state index contributed by atoms with van der Waals surface area (Å²) in [5.41, 5.74) is 11.7. The van der Waals surface area contributed by atoms with Crippen LogP contribution in [0.2, 0.25) is 0 Å². The molecule has 3 heteroatoms. The highest BCUT2D eigenvalue weighted by atomic mass is 16.5. The summed E-state index contributed by atoms with van der Waals surface area (Å²) >= 11 is 0. The predicted molar refractivity (Wildman–Crippen MR) is 194 cm³/mol. The van der Waals surface area contributed by atoms with Gasteiger partial charge in [0.2, 0.25) is 0 Å². The van der Waals surface area contributed by atoms with Crippen LogP contribution in [0.5, 0.6) is 23.0 Å². The molecule has 0 N–H and O–H groups in total. The van der Waals surface area contributed by atoms with Gasteiger partial charge in [0.15, 0.2) is 0 Å². The third-order valence-corrected chi connectivity index (χ3v) is 11.3. The van der Waals surface area contributed by atoms with Crippen molar-refractivity contribution in [1.82, 2.24) is 0 Å². The second-order valence-electron chi connectivity index (χ2n) is 15.0. The first-order valence-corrected chi connectivity index (χ1v) is 17.4. The average molecular weight is 620 g/mol. The molecule has 238 valence electrons. The molecule has 3 aliphatic heterocycles. The molecule has 0 bridgehead atoms. The SMILES string of the molecule is CCCCC(C)(C)c1c(CC)cc2c3c1Oc1ccc(N4c5ccccc5C(C)(C)c5ccccc54)cc1C3(C)c1ccccc1O2. The molecule has 0 amide bonds. The number of benzene rings is 5. The Balaban J connectivity index is 1.39. The van der Waals surface area contributed by atoms with Crippen molar-refractivity contribution in [3.63, 3.8) is 0 Å². The minimum absolute atomic E-state index is 0.0466. The van der Waals surface area contributed by atoms with Gasteiger partial charge in [-0.2, -0.15) is 0 Å². The van der Waals surface area contributed by atoms with Crippen molar-refractivity contribution >= 4 is 17.1 Å². The molecular formula is C44H45NO2. The van der Waals surface area contributed by atoms with E-state index in [-0.39, 0.29) is 10.8 Å². The number of aryl methyl sites for hydroxylation is 1. The number of para-hydroxylation sites is 3. The number of fused-ring (bicyclic) bond motifs is 6. The van der Waals surface area contributed by atoms with Crippen LogP contribution in [0.1, 0.15) is 107 Å². The summed E-state index contributed by atoms with van der Waals surface area (Å²) < 4.78 is 13.9. The molecule has 5 aromatic carbocycles. The number of anilines is 3. The Morgan fingerprint density at radius 2 is 1.28 bits per heavy atom. The van der Waals surface area contributed by atoms with Crippen LogP contribution >= 0.6 is 0 Å². The minimum Gasteiger partial charge on any atom is -0.457 e. The molecule has 47 heavy (non-hydrogen) atoms. The fourth-order valence-electron chi connectivity index (χ4n) is 8.80. The van der Waals surface area contributed by atoms with Gasteiger partial charge in [-0.1, -0.05) is 109 Å². The van der Waals surface area contributed by atoms with E-state index in [2.05, 4.69) is 150 Å². The van der Waals surface area contributed by atoms with Gasteiger partial charge >= 0.3 is 0 Å². The second kappa shape index (κ2) is 10.5. The molecule has 8 rings (SSSR count). The Morgan fingerprint density at radius 3 is 1.94 bits per heavy atom. The van der Waals surface area contributed by atoms with Crippen LogP contribution in [-0.2, 0) is 22.7 Å². The summed E-state index contributed by atoms with van der Waals surface area (Å²) in [5, 5.41) is 0. The normalized spacial score (nSPS) is 18.1. The molecule has 0 aromatic heterocycles. The summed E-state index contributed by atoms with van der Waals surface area (Å²) in [6.07, 6.45) is 4.38. The lowest BCUT2D eigenvalue weighted by Crippen LogP contribution is -2.35. The molecule has 5 aromatic rings. The maximum Gasteiger partial charge on any atom is 0.139 e. The van der Waals surface area contributed by atoms with Crippen LogP contribution in [0.25, 0.3) is 0 Å². The van der Waals surface area contributed by atoms with Gasteiger partial charge in [0.05, 0.1) is 22.4 Å². The topological polar surface area (TPSA) is 21.7 Å². The largest absolute Gasteiger partial charge is 0.457 e. The molecule has 0 radical (unpaired) electrons. The quantitative estimate of drug-likeness (QED) is 0.189. The van der Waals surface area contributed by atoms with E-state index < -0.39 is 5.41 Å². The van der Waals surface area contributed by atoms with Crippen molar-refractivity contribution in [2.75, 3.05) is 4.90 Å². The third kappa shape index (κ3) is 4.18. The molecular weight excluding hydrogens is 574 g/mol. The molecule has 0 saturated carbocycles. The molecule has 0 aliphatic carbocycles. The maximum absolute atomic E-state index is 7.16. The monoisotopic (exact) mass is 619 g/mol. The second-order valence-corrected chi connectivity index (χ2v) is 15.0. The Hall–Kier alpha value is -4.50. The van der Waals surface area contributed by atoms with E-state index in [0.29, 0.717) is 0 Å². The zero-order valence-corrected chi connectivity index (χ0v) is 28.8. The fourth-order valence-corrected chi connectivity index (χ4v) is 8.80. The van der Waals surface area contributed by atoms with E-state index in [0.717, 1.165) is 47.1 Å². The highest BCUT2D eigenvalue weighted by molar-refractivity contribution is 5.87. The van der Waals surface area contributed by atoms with E-state index in [1.807, 2.05) is 0 Å². The lowest BCUT2D eigenvalue weighted by atomic mass is 9.65. The molecule has 0 spiro atoms. The summed E-state index contributed by atoms with van der Waals surface area (Å²) in [4.78, 5) is 2.45. The van der Waals surface area contributed by atoms with Gasteiger partial charge in [0.1, 0.15) is 23.0 Å². The molecule has 1 unspecified atom stereocenters. The standard InChI is InChI=1S/C44H45NO2/c1-8-10-25-42(3,4)39-28(9-2)26-38-40-41(39)47-37-24-23-29(27-33(37)44(40,7)32-19-13-16-22-36(32)46-38)45-34-20-14-11-17-30(34)43(5,6)31-18-12-15-21-35(31)45/h11-24,26-27H,8-10,25H2,1-7H3. The maximum atomic E-state index is 7.16. The zero-order chi connectivity index (χ0) is 32.7. The van der Waals surface area contributed by atoms with Gasteiger partial charge in [0, 0.05) is 27.8 Å². The molecule has 3 heterocycles. The smallest absolute Gasteiger partial charge is 0.139 e. The van der Waals surface area contributed by atoms with Gasteiger partial charge in [-0.05, 0) is 84.3 Å². The van der Waals surface area contributed by atoms with Crippen molar-refractivity contribution in [3.8, 4) is 23.0 Å². The van der Waals surface area contributed by atoms with E-state index in [4.69, 9.17) is 9.47 Å². The van der Waals surface area contributed by atoms with Crippen LogP contribution in [0.15, 0.2) is 97.1 Å². The highest BCUT2D eigenvalue weighted by Gasteiger charge is 2.49. The van der Waals surface area contributed by atoms with Gasteiger partial charge in [0.25, 0.3) is 0 Å². The minimum atomic E-state index is -0.473. The number of hydrogen-bond acceptors (Lipinski definition) is 3. The lowest BCUT2D eigenvalue weighted by molar-refractivity contribution is 0.357. The molecule has 0 fully saturated rings. The Morgan fingerprint density at radius 1 is 0.660 bits per heavy atom. The van der Waals surface area contributed by atoms with Gasteiger partial charge < -0.3 is 14.4 Å². The first-order chi connectivity index (χ1) is 22.6. The molecule has 3 nitrogen and oxygen atoms in total. The Labute approximate surface area is 280 Å². The summed E-state index contributed by atoms with van der Waals surface area (Å²) in [7, 11) is 0. The van der Waals surface area contributed by atoms with Crippen molar-refractivity contribution in [2.24, 2.45) is 0 Å². The van der Waals surface area contributed by atoms with Crippen molar-refractivity contribution < 1.29 is 9.47 Å². The van der Waals surface area contributed by atoms with E-state index in [1.165, 1.54) is 57.6 Å². The van der Waals surface area contributed by atoms with E-state index >= 15 is 0 Å². The van der Waals surface area contributed by atoms with Crippen molar-refractivity contribution in [2.45, 2.75) is 90.4 Å². The summed E-state index contributed by atoms with van der Waals surface area (Å²) in [5.74, 6) is 3.75. The number of unbranched alkanes of at least 4 members (excludes halogenated alkanes) is 1. The van der Waals surface area contributed by atoms with Crippen molar-refractivity contribution in [3.05, 3.63) is 136 Å². The molecule has 3 aliphatic rings. The number of ether oxygens (including phenoxy) is 2. The van der Waals surface area contributed by atoms with Crippen LogP contribution < -0.4 is 14.4 Å². The first-order valence-electron chi connectivity index (χ1n) is 17.4. The highest BCUT2D eigenvalue weighted by Crippen LogP contribution is 2.63. The van der Waals surface area contributed by atoms with Gasteiger partial charge in [-0.15, -0.1) is 0 Å². The van der Waals surface area contributed by atoms with Crippen LogP contribution in [0.3, 0.4) is 0 Å². The van der Waals surface area contributed by atoms with Crippen LogP contribution in [0, 0.1) is 0 Å². The first kappa shape index (κ1) is 29.9. The Kier molecular flexibility index (Phi) is 6.68. The zero-order valence-electron chi connectivity index (χ0n) is 28.8. The summed E-state index contributed by atoms with van der Waals surface area (Å²) in [6.45, 7) is 16.4. The number of hydrogen-bond donors (Lipinski definition) is 0. The van der Waals surface area contributed by atoms with Crippen LogP contribution in [-0.4, -0.2) is 0 Å². The summed E-state index contributed by atoms with van der Waals surface area (Å²) in [6, 6.07) is 35.5. The van der Waals surface area contributed by atoms with Gasteiger partial charge in [-0.3, -0.25) is 0 Å². The average Bonchev–Trinajstić information content (AvgIpc) is 3.07. The lowest BCUT2D eigenvalue weighted by Gasteiger charge is -2.46. The number of nitrogens with zero attached hydrogens (tertiary/aromatic N) is 1. The van der Waals surface area contributed by atoms with Crippen molar-refractivity contribution in [1.29, 1.82) is 0 Å². The third-order valence-electron chi connectivity index (χ3n) is 11.3. The Bertz CT molecular complexity index is 2000. The van der Waals surface area contributed by atoms with Crippen LogP contribution in [0.4, 0.5) is 17.1 Å². The number of rotatable bonds is 6. The van der Waals surface area contributed by atoms with Gasteiger partial charge in [-0.25, -0.2) is 0 Å². The fraction of sp³-hybridized carbons (Fsp3) is 0.318. The van der Waals surface area contributed by atoms with E-state index in [9.17, 15) is 0 Å². The predicted octanol–water partition coefficient (Wildman–Crippen LogP) is 12.4. The van der Waals surface area contributed by atoms with E-state index in [1.54, 1.807) is 0 Å². The molecule has 0 saturated heterocycles. The molecule has 1 atom stereocenters.